The lowest BCUT2D eigenvalue weighted by atomic mass is 10.2. The molecule has 17 heavy (non-hydrogen) atoms. The van der Waals surface area contributed by atoms with Crippen molar-refractivity contribution in [2.75, 3.05) is 11.5 Å². The highest BCUT2D eigenvalue weighted by molar-refractivity contribution is 7.99. The second-order valence-corrected chi connectivity index (χ2v) is 5.31. The molecule has 0 amide bonds. The monoisotopic (exact) mass is 268 g/mol. The smallest absolute Gasteiger partial charge is 0.207 e. The summed E-state index contributed by atoms with van der Waals surface area (Å²) in [5, 5.41) is 1.53. The second kappa shape index (κ2) is 5.61. The third kappa shape index (κ3) is 3.05. The van der Waals surface area contributed by atoms with Crippen LogP contribution in [0.5, 0.6) is 0 Å². The Bertz CT molecular complexity index is 533. The van der Waals surface area contributed by atoms with Crippen molar-refractivity contribution < 1.29 is 9.21 Å². The Morgan fingerprint density at radius 2 is 2.24 bits per heavy atom. The molecule has 1 heterocycles. The highest BCUT2D eigenvalue weighted by atomic mass is 35.5. The summed E-state index contributed by atoms with van der Waals surface area (Å²) in [6.45, 7) is 2.10. The quantitative estimate of drug-likeness (QED) is 0.594. The fourth-order valence-corrected chi connectivity index (χ4v) is 2.47. The normalized spacial score (nSPS) is 10.9. The average Bonchev–Trinajstić information content (AvgIpc) is 2.72. The van der Waals surface area contributed by atoms with Gasteiger partial charge in [-0.2, -0.15) is 11.8 Å². The Kier molecular flexibility index (Phi) is 4.13. The lowest BCUT2D eigenvalue weighted by molar-refractivity contribution is 0.0994. The lowest BCUT2D eigenvalue weighted by Gasteiger charge is -1.95. The van der Waals surface area contributed by atoms with Gasteiger partial charge in [0.05, 0.1) is 5.75 Å². The number of carbonyl (C=O) groups is 1. The summed E-state index contributed by atoms with van der Waals surface area (Å²) < 4.78 is 5.49. The number of halogens is 1. The fourth-order valence-electron chi connectivity index (χ4n) is 1.53. The Hall–Kier alpha value is -0.930. The first kappa shape index (κ1) is 12.5. The maximum Gasteiger partial charge on any atom is 0.207 e. The maximum absolute atomic E-state index is 11.8. The molecule has 0 spiro atoms. The van der Waals surface area contributed by atoms with Crippen molar-refractivity contribution in [2.24, 2.45) is 0 Å². The molecule has 0 unspecified atom stereocenters. The van der Waals surface area contributed by atoms with Gasteiger partial charge in [-0.05, 0) is 36.4 Å². The molecule has 1 aromatic heterocycles. The van der Waals surface area contributed by atoms with E-state index in [4.69, 9.17) is 16.0 Å². The molecular formula is C13H13ClO2S. The van der Waals surface area contributed by atoms with Crippen molar-refractivity contribution in [3.05, 3.63) is 35.0 Å². The molecule has 2 nitrogen and oxygen atoms in total. The second-order valence-electron chi connectivity index (χ2n) is 3.77. The highest BCUT2D eigenvalue weighted by Crippen LogP contribution is 2.23. The van der Waals surface area contributed by atoms with E-state index in [0.717, 1.165) is 17.6 Å². The summed E-state index contributed by atoms with van der Waals surface area (Å²) in [5.74, 6) is 1.93. The largest absolute Gasteiger partial charge is 0.453 e. The summed E-state index contributed by atoms with van der Waals surface area (Å²) in [5.41, 5.74) is 0.707. The minimum Gasteiger partial charge on any atom is -0.453 e. The first-order valence-corrected chi connectivity index (χ1v) is 7.04. The van der Waals surface area contributed by atoms with E-state index in [9.17, 15) is 4.79 Å². The molecule has 0 saturated carbocycles. The van der Waals surface area contributed by atoms with E-state index in [0.29, 0.717) is 22.1 Å². The molecule has 4 heteroatoms. The Morgan fingerprint density at radius 1 is 1.41 bits per heavy atom. The van der Waals surface area contributed by atoms with Crippen LogP contribution >= 0.6 is 23.4 Å². The minimum absolute atomic E-state index is 0.0378. The van der Waals surface area contributed by atoms with Gasteiger partial charge in [0.15, 0.2) is 5.76 Å². The van der Waals surface area contributed by atoms with E-state index in [1.807, 2.05) is 0 Å². The van der Waals surface area contributed by atoms with Crippen LogP contribution in [-0.2, 0) is 0 Å². The first-order chi connectivity index (χ1) is 8.20. The number of benzene rings is 1. The van der Waals surface area contributed by atoms with Gasteiger partial charge in [-0.15, -0.1) is 0 Å². The maximum atomic E-state index is 11.8. The number of ketones is 1. The van der Waals surface area contributed by atoms with Gasteiger partial charge in [-0.1, -0.05) is 18.5 Å². The van der Waals surface area contributed by atoms with Gasteiger partial charge < -0.3 is 4.42 Å². The van der Waals surface area contributed by atoms with E-state index < -0.39 is 0 Å². The topological polar surface area (TPSA) is 30.2 Å². The van der Waals surface area contributed by atoms with Crippen molar-refractivity contribution >= 4 is 40.1 Å². The molecule has 0 aliphatic heterocycles. The zero-order chi connectivity index (χ0) is 12.3. The van der Waals surface area contributed by atoms with E-state index in [1.165, 1.54) is 0 Å². The van der Waals surface area contributed by atoms with E-state index in [2.05, 4.69) is 6.92 Å². The lowest BCUT2D eigenvalue weighted by Crippen LogP contribution is -2.00. The zero-order valence-corrected chi connectivity index (χ0v) is 11.1. The highest BCUT2D eigenvalue weighted by Gasteiger charge is 2.12. The van der Waals surface area contributed by atoms with Crippen molar-refractivity contribution in [3.63, 3.8) is 0 Å². The fraction of sp³-hybridized carbons (Fsp3) is 0.308. The molecule has 0 radical (unpaired) electrons. The van der Waals surface area contributed by atoms with Crippen LogP contribution in [0.25, 0.3) is 11.0 Å². The number of thioether (sulfide) groups is 1. The number of Topliss-reactive ketones (excluding diaryl/α,β-unsaturated/α-hetero) is 1. The predicted octanol–water partition coefficient (Wildman–Crippen LogP) is 4.41. The SMILES string of the molecule is CCCSCC(=O)c1cc2cc(Cl)ccc2o1. The van der Waals surface area contributed by atoms with Gasteiger partial charge in [0.25, 0.3) is 0 Å². The van der Waals surface area contributed by atoms with E-state index >= 15 is 0 Å². The summed E-state index contributed by atoms with van der Waals surface area (Å²) in [4.78, 5) is 11.8. The number of hydrogen-bond acceptors (Lipinski definition) is 3. The van der Waals surface area contributed by atoms with Gasteiger partial charge in [-0.25, -0.2) is 0 Å². The van der Waals surface area contributed by atoms with Crippen LogP contribution in [0.3, 0.4) is 0 Å². The number of hydrogen-bond donors (Lipinski definition) is 0. The van der Waals surface area contributed by atoms with Crippen LogP contribution in [0, 0.1) is 0 Å². The van der Waals surface area contributed by atoms with Crippen LogP contribution in [0.1, 0.15) is 23.9 Å². The molecule has 2 aromatic rings. The molecule has 0 aliphatic carbocycles. The molecule has 0 fully saturated rings. The standard InChI is InChI=1S/C13H13ClO2S/c1-2-5-17-8-11(15)13-7-9-6-10(14)3-4-12(9)16-13/h3-4,6-7H,2,5,8H2,1H3. The molecule has 0 aliphatic rings. The van der Waals surface area contributed by atoms with Crippen molar-refractivity contribution in [1.29, 1.82) is 0 Å². The number of fused-ring (bicyclic) bond motifs is 1. The molecule has 0 saturated heterocycles. The molecule has 0 atom stereocenters. The van der Waals surface area contributed by atoms with Crippen LogP contribution in [-0.4, -0.2) is 17.3 Å². The Labute approximate surface area is 109 Å². The van der Waals surface area contributed by atoms with Crippen LogP contribution < -0.4 is 0 Å². The number of rotatable bonds is 5. The minimum atomic E-state index is 0.0378. The first-order valence-electron chi connectivity index (χ1n) is 5.50. The third-order valence-electron chi connectivity index (χ3n) is 2.33. The van der Waals surface area contributed by atoms with E-state index in [1.54, 1.807) is 36.0 Å². The van der Waals surface area contributed by atoms with Gasteiger partial charge in [0.1, 0.15) is 5.58 Å². The van der Waals surface area contributed by atoms with Crippen LogP contribution in [0.15, 0.2) is 28.7 Å². The summed E-state index contributed by atoms with van der Waals surface area (Å²) in [6.07, 6.45) is 1.08. The Balaban J connectivity index is 2.15. The molecule has 90 valence electrons. The molecule has 0 N–H and O–H groups in total. The molecular weight excluding hydrogens is 256 g/mol. The van der Waals surface area contributed by atoms with Crippen molar-refractivity contribution in [1.82, 2.24) is 0 Å². The van der Waals surface area contributed by atoms with Gasteiger partial charge in [-0.3, -0.25) is 4.79 Å². The Morgan fingerprint density at radius 3 is 3.00 bits per heavy atom. The van der Waals surface area contributed by atoms with Gasteiger partial charge in [0.2, 0.25) is 5.78 Å². The third-order valence-corrected chi connectivity index (χ3v) is 3.73. The molecule has 1 aromatic carbocycles. The average molecular weight is 269 g/mol. The van der Waals surface area contributed by atoms with Crippen LogP contribution in [0.4, 0.5) is 0 Å². The van der Waals surface area contributed by atoms with Crippen molar-refractivity contribution in [2.45, 2.75) is 13.3 Å². The predicted molar refractivity (Wildman–Crippen MR) is 73.2 cm³/mol. The summed E-state index contributed by atoms with van der Waals surface area (Å²) in [6, 6.07) is 7.10. The number of carbonyl (C=O) groups excluding carboxylic acids is 1. The van der Waals surface area contributed by atoms with Crippen molar-refractivity contribution in [3.8, 4) is 0 Å². The summed E-state index contributed by atoms with van der Waals surface area (Å²) >= 11 is 7.51. The number of furan rings is 1. The van der Waals surface area contributed by atoms with Gasteiger partial charge in [0, 0.05) is 10.4 Å². The molecule has 0 bridgehead atoms. The zero-order valence-electron chi connectivity index (χ0n) is 9.53. The van der Waals surface area contributed by atoms with Crippen LogP contribution in [0.2, 0.25) is 5.02 Å². The summed E-state index contributed by atoms with van der Waals surface area (Å²) in [7, 11) is 0. The van der Waals surface area contributed by atoms with Gasteiger partial charge >= 0.3 is 0 Å². The molecule has 2 rings (SSSR count). The van der Waals surface area contributed by atoms with E-state index in [-0.39, 0.29) is 5.78 Å².